The molecule has 8 heteroatoms. The highest BCUT2D eigenvalue weighted by Gasteiger charge is 2.32. The van der Waals surface area contributed by atoms with Crippen molar-refractivity contribution >= 4 is 11.9 Å². The van der Waals surface area contributed by atoms with Crippen molar-refractivity contribution in [3.8, 4) is 5.75 Å². The Hall–Kier alpha value is -3.03. The highest BCUT2D eigenvalue weighted by atomic mass is 19.4. The molecule has 1 heterocycles. The fourth-order valence-electron chi connectivity index (χ4n) is 3.22. The number of likely N-dealkylation sites (tertiary alicyclic amines) is 1. The van der Waals surface area contributed by atoms with E-state index in [9.17, 15) is 22.8 Å². The molecule has 1 aliphatic rings. The Morgan fingerprint density at radius 3 is 2.13 bits per heavy atom. The van der Waals surface area contributed by atoms with Crippen molar-refractivity contribution in [1.29, 1.82) is 0 Å². The van der Waals surface area contributed by atoms with Crippen LogP contribution in [0.15, 0.2) is 54.6 Å². The summed E-state index contributed by atoms with van der Waals surface area (Å²) in [5.74, 6) is -0.990. The van der Waals surface area contributed by atoms with Crippen molar-refractivity contribution in [3.05, 3.63) is 65.7 Å². The lowest BCUT2D eigenvalue weighted by atomic mass is 10.1. The molecule has 2 aromatic carbocycles. The molecule has 2 atom stereocenters. The highest BCUT2D eigenvalue weighted by Crippen LogP contribution is 2.31. The van der Waals surface area contributed by atoms with Crippen LogP contribution in [0.2, 0.25) is 0 Å². The van der Waals surface area contributed by atoms with E-state index >= 15 is 0 Å². The summed E-state index contributed by atoms with van der Waals surface area (Å²) in [6.45, 7) is 2.76. The maximum absolute atomic E-state index is 12.8. The lowest BCUT2D eigenvalue weighted by molar-refractivity contribution is -0.164. The fraction of sp³-hybridized carbons (Fsp3) is 0.364. The highest BCUT2D eigenvalue weighted by molar-refractivity contribution is 5.85. The van der Waals surface area contributed by atoms with Gasteiger partial charge in [-0.3, -0.25) is 4.79 Å². The number of benzene rings is 2. The summed E-state index contributed by atoms with van der Waals surface area (Å²) in [6, 6.07) is 12.5. The summed E-state index contributed by atoms with van der Waals surface area (Å²) in [4.78, 5) is 26.9. The molecule has 1 amide bonds. The van der Waals surface area contributed by atoms with Crippen LogP contribution in [0.4, 0.5) is 13.2 Å². The molecule has 0 unspecified atom stereocenters. The molecule has 0 spiro atoms. The number of hydrogen-bond acceptors (Lipinski definition) is 4. The van der Waals surface area contributed by atoms with E-state index in [1.165, 1.54) is 6.92 Å². The number of rotatable bonds is 6. The molecule has 160 valence electrons. The molecule has 1 fully saturated rings. The predicted octanol–water partition coefficient (Wildman–Crippen LogP) is 4.38. The Labute approximate surface area is 172 Å². The van der Waals surface area contributed by atoms with Crippen LogP contribution in [0, 0.1) is 0 Å². The van der Waals surface area contributed by atoms with Gasteiger partial charge in [0.15, 0.2) is 6.10 Å². The van der Waals surface area contributed by atoms with E-state index in [4.69, 9.17) is 9.47 Å². The molecule has 0 N–H and O–H groups in total. The van der Waals surface area contributed by atoms with Crippen molar-refractivity contribution in [2.45, 2.75) is 38.1 Å². The van der Waals surface area contributed by atoms with E-state index in [1.54, 1.807) is 35.2 Å². The van der Waals surface area contributed by atoms with Gasteiger partial charge in [0, 0.05) is 18.7 Å². The summed E-state index contributed by atoms with van der Waals surface area (Å²) >= 11 is 0. The third kappa shape index (κ3) is 5.31. The van der Waals surface area contributed by atoms with Crippen LogP contribution in [0.5, 0.6) is 5.75 Å². The van der Waals surface area contributed by atoms with Gasteiger partial charge in [-0.2, -0.15) is 13.2 Å². The SMILES string of the molecule is C[C@H](OC(=O)[C@H](Oc1ccc(C(F)(F)F)cc1)c1ccccc1)C(=O)N1CCCC1. The minimum Gasteiger partial charge on any atom is -0.474 e. The predicted molar refractivity (Wildman–Crippen MR) is 103 cm³/mol. The summed E-state index contributed by atoms with van der Waals surface area (Å²) in [5, 5.41) is 0. The minimum atomic E-state index is -4.47. The first kappa shape index (κ1) is 21.7. The standard InChI is InChI=1S/C22H22F3NO4/c1-15(20(27)26-13-5-6-14-26)29-21(28)19(16-7-3-2-4-8-16)30-18-11-9-17(10-12-18)22(23,24)25/h2-4,7-12,15,19H,5-6,13-14H2,1H3/t15-,19+/m0/s1. The molecule has 2 aromatic rings. The van der Waals surface area contributed by atoms with Crippen LogP contribution in [-0.2, 0) is 20.5 Å². The number of ether oxygens (including phenoxy) is 2. The summed E-state index contributed by atoms with van der Waals surface area (Å²) in [5.41, 5.74) is -0.360. The van der Waals surface area contributed by atoms with E-state index in [0.717, 1.165) is 37.1 Å². The maximum atomic E-state index is 12.8. The Morgan fingerprint density at radius 2 is 1.57 bits per heavy atom. The number of carbonyl (C=O) groups is 2. The molecule has 0 radical (unpaired) electrons. The number of amides is 1. The molecule has 3 rings (SSSR count). The molecule has 5 nitrogen and oxygen atoms in total. The quantitative estimate of drug-likeness (QED) is 0.650. The average Bonchev–Trinajstić information content (AvgIpc) is 3.26. The molecule has 0 saturated carbocycles. The van der Waals surface area contributed by atoms with Gasteiger partial charge in [0.1, 0.15) is 5.75 Å². The number of halogens is 3. The van der Waals surface area contributed by atoms with E-state index < -0.39 is 29.9 Å². The second kappa shape index (κ2) is 9.19. The van der Waals surface area contributed by atoms with E-state index in [1.807, 2.05) is 0 Å². The Kier molecular flexibility index (Phi) is 6.64. The zero-order chi connectivity index (χ0) is 21.7. The second-order valence-electron chi connectivity index (χ2n) is 7.04. The van der Waals surface area contributed by atoms with Crippen LogP contribution < -0.4 is 4.74 Å². The maximum Gasteiger partial charge on any atom is 0.416 e. The Bertz CT molecular complexity index is 862. The fourth-order valence-corrected chi connectivity index (χ4v) is 3.22. The third-order valence-corrected chi connectivity index (χ3v) is 4.81. The Balaban J connectivity index is 1.75. The number of esters is 1. The van der Waals surface area contributed by atoms with E-state index in [0.29, 0.717) is 18.7 Å². The van der Waals surface area contributed by atoms with Crippen molar-refractivity contribution < 1.29 is 32.2 Å². The minimum absolute atomic E-state index is 0.0762. The zero-order valence-electron chi connectivity index (χ0n) is 16.4. The molecule has 0 bridgehead atoms. The lowest BCUT2D eigenvalue weighted by Gasteiger charge is -2.23. The van der Waals surface area contributed by atoms with Crippen LogP contribution in [0.1, 0.15) is 37.0 Å². The number of carbonyl (C=O) groups excluding carboxylic acids is 2. The zero-order valence-corrected chi connectivity index (χ0v) is 16.4. The van der Waals surface area contributed by atoms with E-state index in [2.05, 4.69) is 0 Å². The van der Waals surface area contributed by atoms with Crippen LogP contribution in [0.3, 0.4) is 0 Å². The third-order valence-electron chi connectivity index (χ3n) is 4.81. The molecule has 30 heavy (non-hydrogen) atoms. The summed E-state index contributed by atoms with van der Waals surface area (Å²) in [6.07, 6.45) is -4.86. The van der Waals surface area contributed by atoms with Gasteiger partial charge < -0.3 is 14.4 Å². The summed E-state index contributed by atoms with van der Waals surface area (Å²) < 4.78 is 49.3. The van der Waals surface area contributed by atoms with Crippen LogP contribution in [0.25, 0.3) is 0 Å². The van der Waals surface area contributed by atoms with Crippen molar-refractivity contribution in [2.75, 3.05) is 13.1 Å². The second-order valence-corrected chi connectivity index (χ2v) is 7.04. The van der Waals surface area contributed by atoms with Gasteiger partial charge in [0.2, 0.25) is 6.10 Å². The van der Waals surface area contributed by atoms with Gasteiger partial charge in [-0.05, 0) is 44.0 Å². The molecule has 0 aliphatic carbocycles. The van der Waals surface area contributed by atoms with Gasteiger partial charge in [-0.15, -0.1) is 0 Å². The van der Waals surface area contributed by atoms with Crippen molar-refractivity contribution in [2.24, 2.45) is 0 Å². The normalized spacial score (nSPS) is 16.1. The smallest absolute Gasteiger partial charge is 0.416 e. The number of nitrogens with zero attached hydrogens (tertiary/aromatic N) is 1. The largest absolute Gasteiger partial charge is 0.474 e. The van der Waals surface area contributed by atoms with Gasteiger partial charge in [0.25, 0.3) is 5.91 Å². The molecule has 1 saturated heterocycles. The summed E-state index contributed by atoms with van der Waals surface area (Å²) in [7, 11) is 0. The van der Waals surface area contributed by atoms with Gasteiger partial charge in [0.05, 0.1) is 5.56 Å². The van der Waals surface area contributed by atoms with Gasteiger partial charge >= 0.3 is 12.1 Å². The molecular formula is C22H22F3NO4. The van der Waals surface area contributed by atoms with Crippen molar-refractivity contribution in [1.82, 2.24) is 4.90 Å². The first-order valence-corrected chi connectivity index (χ1v) is 9.64. The van der Waals surface area contributed by atoms with Gasteiger partial charge in [-0.1, -0.05) is 30.3 Å². The first-order valence-electron chi connectivity index (χ1n) is 9.64. The number of hydrogen-bond donors (Lipinski definition) is 0. The van der Waals surface area contributed by atoms with Crippen molar-refractivity contribution in [3.63, 3.8) is 0 Å². The first-order chi connectivity index (χ1) is 14.3. The van der Waals surface area contributed by atoms with Crippen LogP contribution in [-0.4, -0.2) is 36.0 Å². The Morgan fingerprint density at radius 1 is 0.967 bits per heavy atom. The molecule has 0 aromatic heterocycles. The monoisotopic (exact) mass is 421 g/mol. The molecule has 1 aliphatic heterocycles. The van der Waals surface area contributed by atoms with Gasteiger partial charge in [-0.25, -0.2) is 4.79 Å². The lowest BCUT2D eigenvalue weighted by Crippen LogP contribution is -2.39. The molecular weight excluding hydrogens is 399 g/mol. The number of alkyl halides is 3. The van der Waals surface area contributed by atoms with E-state index in [-0.39, 0.29) is 11.7 Å². The average molecular weight is 421 g/mol. The topological polar surface area (TPSA) is 55.8 Å². The van der Waals surface area contributed by atoms with Crippen LogP contribution >= 0.6 is 0 Å².